The van der Waals surface area contributed by atoms with E-state index in [-0.39, 0.29) is 18.7 Å². The van der Waals surface area contributed by atoms with Gasteiger partial charge in [-0.2, -0.15) is 5.10 Å². The van der Waals surface area contributed by atoms with E-state index in [2.05, 4.69) is 31.5 Å². The average Bonchev–Trinajstić information content (AvgIpc) is 3.58. The van der Waals surface area contributed by atoms with Crippen LogP contribution in [-0.4, -0.2) is 37.2 Å². The largest absolute Gasteiger partial charge is 0.353 e. The molecule has 0 saturated heterocycles. The molecule has 0 unspecified atom stereocenters. The molecule has 3 heterocycles. The maximum Gasteiger partial charge on any atom is 0.266 e. The zero-order valence-electron chi connectivity index (χ0n) is 21.0. The SMILES string of the molecule is O=C(NC/C=C/c1ccc2c(-c3cc4ccccc4[nH]3)n[nH]c2c1)c1cncn(Cc2ccc(F)c(F)c2)c1=O. The third kappa shape index (κ3) is 4.90. The number of nitrogens with zero attached hydrogens (tertiary/aromatic N) is 3. The van der Waals surface area contributed by atoms with E-state index < -0.39 is 23.1 Å². The Labute approximate surface area is 226 Å². The molecule has 3 N–H and O–H groups in total. The van der Waals surface area contributed by atoms with E-state index in [1.165, 1.54) is 23.2 Å². The predicted molar refractivity (Wildman–Crippen MR) is 149 cm³/mol. The number of fused-ring (bicyclic) bond motifs is 2. The quantitative estimate of drug-likeness (QED) is 0.266. The van der Waals surface area contributed by atoms with Crippen LogP contribution in [0.2, 0.25) is 0 Å². The lowest BCUT2D eigenvalue weighted by molar-refractivity contribution is 0.0955. The molecule has 0 fully saturated rings. The van der Waals surface area contributed by atoms with Crippen molar-refractivity contribution in [1.29, 1.82) is 0 Å². The van der Waals surface area contributed by atoms with Crippen LogP contribution in [0.1, 0.15) is 21.5 Å². The molecule has 0 spiro atoms. The zero-order chi connectivity index (χ0) is 27.6. The van der Waals surface area contributed by atoms with E-state index >= 15 is 0 Å². The Morgan fingerprint density at radius 2 is 1.88 bits per heavy atom. The number of carbonyl (C=O) groups is 1. The Morgan fingerprint density at radius 3 is 2.73 bits per heavy atom. The van der Waals surface area contributed by atoms with Crippen molar-refractivity contribution in [2.75, 3.05) is 6.54 Å². The van der Waals surface area contributed by atoms with Gasteiger partial charge in [0.05, 0.1) is 24.1 Å². The fraction of sp³-hybridized carbons (Fsp3) is 0.0667. The van der Waals surface area contributed by atoms with Gasteiger partial charge in [-0.3, -0.25) is 19.3 Å². The van der Waals surface area contributed by atoms with Crippen LogP contribution in [0.15, 0.2) is 90.1 Å². The highest BCUT2D eigenvalue weighted by molar-refractivity contribution is 5.96. The van der Waals surface area contributed by atoms with Crippen molar-refractivity contribution in [2.45, 2.75) is 6.54 Å². The van der Waals surface area contributed by atoms with Crippen molar-refractivity contribution < 1.29 is 13.6 Å². The Balaban J connectivity index is 1.11. The molecule has 8 nitrogen and oxygen atoms in total. The molecule has 3 aromatic heterocycles. The van der Waals surface area contributed by atoms with Crippen molar-refractivity contribution in [3.63, 3.8) is 0 Å². The Kier molecular flexibility index (Phi) is 6.49. The summed E-state index contributed by atoms with van der Waals surface area (Å²) in [5.41, 5.74) is 4.22. The van der Waals surface area contributed by atoms with Gasteiger partial charge < -0.3 is 10.3 Å². The van der Waals surface area contributed by atoms with Crippen LogP contribution in [0, 0.1) is 11.6 Å². The number of aromatic amines is 2. The number of nitrogens with one attached hydrogen (secondary N) is 3. The van der Waals surface area contributed by atoms with Crippen LogP contribution in [0.3, 0.4) is 0 Å². The molecule has 40 heavy (non-hydrogen) atoms. The second-order valence-corrected chi connectivity index (χ2v) is 9.25. The lowest BCUT2D eigenvalue weighted by atomic mass is 10.1. The number of aromatic nitrogens is 5. The molecule has 0 bridgehead atoms. The second-order valence-electron chi connectivity index (χ2n) is 9.25. The maximum atomic E-state index is 13.5. The average molecular weight is 537 g/mol. The lowest BCUT2D eigenvalue weighted by Crippen LogP contribution is -2.33. The van der Waals surface area contributed by atoms with Gasteiger partial charge in [-0.15, -0.1) is 0 Å². The topological polar surface area (TPSA) is 108 Å². The molecule has 0 saturated carbocycles. The number of carbonyl (C=O) groups excluding carboxylic acids is 1. The van der Waals surface area contributed by atoms with Crippen LogP contribution in [0.5, 0.6) is 0 Å². The van der Waals surface area contributed by atoms with E-state index in [1.54, 1.807) is 6.08 Å². The number of hydrogen-bond acceptors (Lipinski definition) is 4. The number of H-pyrrole nitrogens is 2. The Bertz CT molecular complexity index is 1940. The van der Waals surface area contributed by atoms with Crippen molar-refractivity contribution in [3.05, 3.63) is 124 Å². The minimum Gasteiger partial charge on any atom is -0.353 e. The number of para-hydroxylation sites is 1. The molecular weight excluding hydrogens is 514 g/mol. The van der Waals surface area contributed by atoms with Crippen molar-refractivity contribution in [3.8, 4) is 11.4 Å². The summed E-state index contributed by atoms with van der Waals surface area (Å²) in [6, 6.07) is 19.4. The fourth-order valence-corrected chi connectivity index (χ4v) is 4.54. The highest BCUT2D eigenvalue weighted by Gasteiger charge is 2.14. The van der Waals surface area contributed by atoms with Gasteiger partial charge >= 0.3 is 0 Å². The minimum atomic E-state index is -1.01. The van der Waals surface area contributed by atoms with Crippen LogP contribution in [-0.2, 0) is 6.54 Å². The molecule has 3 aromatic carbocycles. The fourth-order valence-electron chi connectivity index (χ4n) is 4.54. The van der Waals surface area contributed by atoms with E-state index in [9.17, 15) is 18.4 Å². The summed E-state index contributed by atoms with van der Waals surface area (Å²) >= 11 is 0. The van der Waals surface area contributed by atoms with Crippen LogP contribution in [0.4, 0.5) is 8.78 Å². The monoisotopic (exact) mass is 536 g/mol. The van der Waals surface area contributed by atoms with Crippen molar-refractivity contribution >= 4 is 33.8 Å². The van der Waals surface area contributed by atoms with Crippen LogP contribution >= 0.6 is 0 Å². The summed E-state index contributed by atoms with van der Waals surface area (Å²) in [6.45, 7) is 0.125. The first-order chi connectivity index (χ1) is 19.5. The first kappa shape index (κ1) is 24.9. The smallest absolute Gasteiger partial charge is 0.266 e. The molecular formula is C30H22F2N6O2. The maximum absolute atomic E-state index is 13.5. The number of hydrogen-bond donors (Lipinski definition) is 3. The molecule has 0 aliphatic carbocycles. The summed E-state index contributed by atoms with van der Waals surface area (Å²) in [5, 5.41) is 12.3. The van der Waals surface area contributed by atoms with Crippen LogP contribution < -0.4 is 10.9 Å². The molecule has 1 amide bonds. The summed E-state index contributed by atoms with van der Waals surface area (Å²) < 4.78 is 27.9. The Morgan fingerprint density at radius 1 is 1.00 bits per heavy atom. The summed E-state index contributed by atoms with van der Waals surface area (Å²) in [6.07, 6.45) is 6.05. The van der Waals surface area contributed by atoms with Gasteiger partial charge in [0.15, 0.2) is 11.6 Å². The van der Waals surface area contributed by atoms with Crippen molar-refractivity contribution in [1.82, 2.24) is 30.0 Å². The molecule has 0 aliphatic heterocycles. The minimum absolute atomic E-state index is 0.0534. The highest BCUT2D eigenvalue weighted by Crippen LogP contribution is 2.29. The third-order valence-corrected chi connectivity index (χ3v) is 6.55. The number of amides is 1. The van der Waals surface area contributed by atoms with Gasteiger partial charge in [-0.25, -0.2) is 13.8 Å². The van der Waals surface area contributed by atoms with E-state index in [0.717, 1.165) is 50.9 Å². The van der Waals surface area contributed by atoms with E-state index in [4.69, 9.17) is 0 Å². The van der Waals surface area contributed by atoms with Gasteiger partial charge in [0.1, 0.15) is 11.3 Å². The highest BCUT2D eigenvalue weighted by atomic mass is 19.2. The summed E-state index contributed by atoms with van der Waals surface area (Å²) in [5.74, 6) is -2.58. The normalized spacial score (nSPS) is 11.6. The number of halogens is 2. The first-order valence-electron chi connectivity index (χ1n) is 12.5. The molecule has 6 rings (SSSR count). The molecule has 0 radical (unpaired) electrons. The summed E-state index contributed by atoms with van der Waals surface area (Å²) in [4.78, 5) is 32.7. The number of benzene rings is 3. The molecule has 6 aromatic rings. The second kappa shape index (κ2) is 10.4. The van der Waals surface area contributed by atoms with Gasteiger partial charge in [0.2, 0.25) is 0 Å². The zero-order valence-corrected chi connectivity index (χ0v) is 21.0. The van der Waals surface area contributed by atoms with Gasteiger partial charge in [0, 0.05) is 29.0 Å². The standard InChI is InChI=1S/C30H22F2N6O2/c31-23-10-8-19(12-24(23)32)16-38-17-33-15-22(30(38)40)29(39)34-11-3-4-18-7-9-21-26(13-18)36-37-28(21)27-14-20-5-1-2-6-25(20)35-27/h1-10,12-15,17,35H,11,16H2,(H,34,39)(H,36,37)/b4-3+. The molecule has 198 valence electrons. The predicted octanol–water partition coefficient (Wildman–Crippen LogP) is 5.04. The van der Waals surface area contributed by atoms with Crippen molar-refractivity contribution in [2.24, 2.45) is 0 Å². The lowest BCUT2D eigenvalue weighted by Gasteiger charge is -2.08. The van der Waals surface area contributed by atoms with Gasteiger partial charge in [0.25, 0.3) is 11.5 Å². The van der Waals surface area contributed by atoms with E-state index in [0.29, 0.717) is 5.56 Å². The van der Waals surface area contributed by atoms with Gasteiger partial charge in [-0.1, -0.05) is 42.5 Å². The molecule has 0 atom stereocenters. The van der Waals surface area contributed by atoms with Crippen LogP contribution in [0.25, 0.3) is 39.3 Å². The summed E-state index contributed by atoms with van der Waals surface area (Å²) in [7, 11) is 0. The first-order valence-corrected chi connectivity index (χ1v) is 12.5. The number of rotatable bonds is 7. The Hall–Kier alpha value is -5.38. The molecule has 10 heteroatoms. The van der Waals surface area contributed by atoms with Gasteiger partial charge in [-0.05, 0) is 47.5 Å². The molecule has 0 aliphatic rings. The van der Waals surface area contributed by atoms with E-state index in [1.807, 2.05) is 48.5 Å². The third-order valence-electron chi connectivity index (χ3n) is 6.55.